The smallest absolute Gasteiger partial charge is 0.221 e. The maximum absolute atomic E-state index is 12.1. The minimum atomic E-state index is 0.218. The van der Waals surface area contributed by atoms with E-state index in [0.717, 1.165) is 31.3 Å². The number of carbonyl (C=O) groups excluding carboxylic acids is 1. The van der Waals surface area contributed by atoms with Crippen LogP contribution >= 0.6 is 11.8 Å². The fourth-order valence-corrected chi connectivity index (χ4v) is 3.81. The summed E-state index contributed by atoms with van der Waals surface area (Å²) in [6.45, 7) is 3.05. The minimum Gasteiger partial charge on any atom is -0.352 e. The van der Waals surface area contributed by atoms with E-state index in [2.05, 4.69) is 27.3 Å². The second-order valence-electron chi connectivity index (χ2n) is 6.47. The van der Waals surface area contributed by atoms with Gasteiger partial charge >= 0.3 is 0 Å². The Hall–Kier alpha value is -1.07. The molecule has 1 N–H and O–H groups in total. The maximum Gasteiger partial charge on any atom is 0.221 e. The number of thioether (sulfide) groups is 1. The molecule has 2 fully saturated rings. The van der Waals surface area contributed by atoms with Crippen LogP contribution in [0.1, 0.15) is 24.8 Å². The monoisotopic (exact) mass is 319 g/mol. The van der Waals surface area contributed by atoms with Crippen LogP contribution in [0.4, 0.5) is 0 Å². The average molecular weight is 319 g/mol. The van der Waals surface area contributed by atoms with Gasteiger partial charge in [-0.2, -0.15) is 11.8 Å². The van der Waals surface area contributed by atoms with E-state index < -0.39 is 0 Å². The van der Waals surface area contributed by atoms with Crippen LogP contribution in [0.25, 0.3) is 0 Å². The highest BCUT2D eigenvalue weighted by atomic mass is 32.2. The summed E-state index contributed by atoms with van der Waals surface area (Å²) in [6, 6.07) is 4.50. The normalized spacial score (nSPS) is 25.3. The van der Waals surface area contributed by atoms with Gasteiger partial charge in [0.15, 0.2) is 0 Å². The first-order chi connectivity index (χ1) is 10.8. The predicted molar refractivity (Wildman–Crippen MR) is 90.7 cm³/mol. The van der Waals surface area contributed by atoms with Gasteiger partial charge in [0, 0.05) is 50.2 Å². The summed E-state index contributed by atoms with van der Waals surface area (Å²) in [6.07, 6.45) is 9.07. The molecule has 0 unspecified atom stereocenters. The molecule has 4 nitrogen and oxygen atoms in total. The number of carbonyl (C=O) groups is 1. The van der Waals surface area contributed by atoms with Crippen molar-refractivity contribution in [3.8, 4) is 0 Å². The second kappa shape index (κ2) is 7.47. The van der Waals surface area contributed by atoms with E-state index in [9.17, 15) is 4.79 Å². The molecule has 2 atom stereocenters. The first-order valence-corrected chi connectivity index (χ1v) is 9.55. The van der Waals surface area contributed by atoms with Gasteiger partial charge in [-0.25, -0.2) is 0 Å². The van der Waals surface area contributed by atoms with E-state index in [1.807, 2.05) is 18.6 Å². The van der Waals surface area contributed by atoms with Gasteiger partial charge in [0.1, 0.15) is 0 Å². The van der Waals surface area contributed by atoms with E-state index in [1.54, 1.807) is 11.8 Å². The van der Waals surface area contributed by atoms with Crippen molar-refractivity contribution in [1.29, 1.82) is 0 Å². The molecule has 0 bridgehead atoms. The van der Waals surface area contributed by atoms with Crippen LogP contribution in [0.5, 0.6) is 0 Å². The predicted octanol–water partition coefficient (Wildman–Crippen LogP) is 2.16. The number of likely N-dealkylation sites (tertiary alicyclic amines) is 1. The first-order valence-electron chi connectivity index (χ1n) is 8.16. The Kier molecular flexibility index (Phi) is 5.37. The molecule has 0 spiro atoms. The highest BCUT2D eigenvalue weighted by Crippen LogP contribution is 2.41. The minimum absolute atomic E-state index is 0.218. The molecule has 0 radical (unpaired) electrons. The van der Waals surface area contributed by atoms with Crippen molar-refractivity contribution in [3.63, 3.8) is 0 Å². The molecule has 1 saturated heterocycles. The van der Waals surface area contributed by atoms with E-state index >= 15 is 0 Å². The fourth-order valence-electron chi connectivity index (χ4n) is 3.42. The standard InChI is InChI=1S/C17H25N3OS/c1-22-9-6-17(21)19-16-12-20(11-15(16)14-2-3-14)10-13-4-7-18-8-5-13/h4-5,7-8,14-16H,2-3,6,9-12H2,1H3,(H,19,21)/t15-,16+/m1/s1. The Morgan fingerprint density at radius 2 is 2.14 bits per heavy atom. The lowest BCUT2D eigenvalue weighted by Gasteiger charge is -2.19. The fraction of sp³-hybridized carbons (Fsp3) is 0.647. The number of rotatable bonds is 7. The number of nitrogens with one attached hydrogen (secondary N) is 1. The van der Waals surface area contributed by atoms with Crippen LogP contribution in [0, 0.1) is 11.8 Å². The van der Waals surface area contributed by atoms with Gasteiger partial charge in [-0.05, 0) is 48.6 Å². The van der Waals surface area contributed by atoms with Gasteiger partial charge in [-0.1, -0.05) is 0 Å². The van der Waals surface area contributed by atoms with Crippen molar-refractivity contribution in [3.05, 3.63) is 30.1 Å². The third-order valence-corrected chi connectivity index (χ3v) is 5.32. The number of hydrogen-bond acceptors (Lipinski definition) is 4. The Labute approximate surface area is 137 Å². The third kappa shape index (κ3) is 4.23. The molecule has 120 valence electrons. The molecule has 1 aliphatic heterocycles. The summed E-state index contributed by atoms with van der Waals surface area (Å²) < 4.78 is 0. The van der Waals surface area contributed by atoms with Crippen LogP contribution in [0.15, 0.2) is 24.5 Å². The highest BCUT2D eigenvalue weighted by Gasteiger charge is 2.42. The van der Waals surface area contributed by atoms with Crippen molar-refractivity contribution in [2.75, 3.05) is 25.1 Å². The number of hydrogen-bond donors (Lipinski definition) is 1. The quantitative estimate of drug-likeness (QED) is 0.836. The van der Waals surface area contributed by atoms with Crippen LogP contribution in [0.3, 0.4) is 0 Å². The van der Waals surface area contributed by atoms with E-state index in [0.29, 0.717) is 18.4 Å². The molecule has 1 aromatic rings. The lowest BCUT2D eigenvalue weighted by Crippen LogP contribution is -2.41. The topological polar surface area (TPSA) is 45.2 Å². The van der Waals surface area contributed by atoms with E-state index in [1.165, 1.54) is 18.4 Å². The van der Waals surface area contributed by atoms with Gasteiger partial charge in [-0.3, -0.25) is 14.7 Å². The van der Waals surface area contributed by atoms with Crippen molar-refractivity contribution in [2.24, 2.45) is 11.8 Å². The van der Waals surface area contributed by atoms with Gasteiger partial charge in [0.2, 0.25) is 5.91 Å². The number of pyridine rings is 1. The van der Waals surface area contributed by atoms with Crippen LogP contribution in [0.2, 0.25) is 0 Å². The zero-order valence-electron chi connectivity index (χ0n) is 13.2. The summed E-state index contributed by atoms with van der Waals surface area (Å²) in [5.74, 6) is 2.59. The van der Waals surface area contributed by atoms with Crippen LogP contribution in [-0.2, 0) is 11.3 Å². The Balaban J connectivity index is 1.56. The lowest BCUT2D eigenvalue weighted by atomic mass is 9.98. The molecule has 5 heteroatoms. The Bertz CT molecular complexity index is 492. The summed E-state index contributed by atoms with van der Waals surface area (Å²) in [5.41, 5.74) is 1.30. The molecule has 1 saturated carbocycles. The highest BCUT2D eigenvalue weighted by molar-refractivity contribution is 7.98. The number of aromatic nitrogens is 1. The van der Waals surface area contributed by atoms with E-state index in [-0.39, 0.29) is 5.91 Å². The molecule has 2 aliphatic rings. The second-order valence-corrected chi connectivity index (χ2v) is 7.45. The average Bonchev–Trinajstić information content (AvgIpc) is 3.29. The number of amides is 1. The van der Waals surface area contributed by atoms with Crippen molar-refractivity contribution < 1.29 is 4.79 Å². The van der Waals surface area contributed by atoms with Gasteiger partial charge in [-0.15, -0.1) is 0 Å². The summed E-state index contributed by atoms with van der Waals surface area (Å²) >= 11 is 1.73. The maximum atomic E-state index is 12.1. The molecular weight excluding hydrogens is 294 g/mol. The molecular formula is C17H25N3OS. The van der Waals surface area contributed by atoms with Crippen molar-refractivity contribution in [1.82, 2.24) is 15.2 Å². The molecule has 1 aliphatic carbocycles. The third-order valence-electron chi connectivity index (χ3n) is 4.70. The molecule has 1 amide bonds. The van der Waals surface area contributed by atoms with Gasteiger partial charge in [0.25, 0.3) is 0 Å². The van der Waals surface area contributed by atoms with E-state index in [4.69, 9.17) is 0 Å². The largest absolute Gasteiger partial charge is 0.352 e. The first kappa shape index (κ1) is 15.8. The summed E-state index contributed by atoms with van der Waals surface area (Å²) in [7, 11) is 0. The molecule has 2 heterocycles. The van der Waals surface area contributed by atoms with Crippen molar-refractivity contribution in [2.45, 2.75) is 31.8 Å². The number of nitrogens with zero attached hydrogens (tertiary/aromatic N) is 2. The summed E-state index contributed by atoms with van der Waals surface area (Å²) in [5, 5.41) is 3.29. The summed E-state index contributed by atoms with van der Waals surface area (Å²) in [4.78, 5) is 18.6. The molecule has 1 aromatic heterocycles. The Morgan fingerprint density at radius 1 is 1.36 bits per heavy atom. The SMILES string of the molecule is CSCCC(=O)N[C@H]1CN(Cc2ccncc2)C[C@@H]1C1CC1. The lowest BCUT2D eigenvalue weighted by molar-refractivity contribution is -0.121. The van der Waals surface area contributed by atoms with Crippen LogP contribution in [-0.4, -0.2) is 46.9 Å². The molecule has 3 rings (SSSR count). The zero-order valence-corrected chi connectivity index (χ0v) is 14.0. The van der Waals surface area contributed by atoms with Gasteiger partial charge < -0.3 is 5.32 Å². The Morgan fingerprint density at radius 3 is 2.82 bits per heavy atom. The van der Waals surface area contributed by atoms with Gasteiger partial charge in [0.05, 0.1) is 0 Å². The molecule has 22 heavy (non-hydrogen) atoms. The molecule has 0 aromatic carbocycles. The van der Waals surface area contributed by atoms with Crippen LogP contribution < -0.4 is 5.32 Å². The zero-order chi connectivity index (χ0) is 15.4. The van der Waals surface area contributed by atoms with Crippen molar-refractivity contribution >= 4 is 17.7 Å².